The number of hydrogen-bond acceptors (Lipinski definition) is 2. The Hall–Kier alpha value is -1.48. The van der Waals surface area contributed by atoms with Crippen molar-refractivity contribution in [2.45, 2.75) is 31.8 Å². The van der Waals surface area contributed by atoms with Gasteiger partial charge in [0, 0.05) is 35.7 Å². The molecule has 1 aliphatic heterocycles. The molecule has 0 unspecified atom stereocenters. The van der Waals surface area contributed by atoms with Gasteiger partial charge in [-0.25, -0.2) is 0 Å². The van der Waals surface area contributed by atoms with E-state index in [0.717, 1.165) is 18.8 Å². The molecular weight excluding hydrogens is 224 g/mol. The largest absolute Gasteiger partial charge is 0.497 e. The Morgan fingerprint density at radius 2 is 2.33 bits per heavy atom. The summed E-state index contributed by atoms with van der Waals surface area (Å²) in [6, 6.07) is 7.07. The molecule has 1 aromatic carbocycles. The molecule has 0 amide bonds. The van der Waals surface area contributed by atoms with Gasteiger partial charge in [0.1, 0.15) is 5.75 Å². The van der Waals surface area contributed by atoms with Crippen molar-refractivity contribution in [1.82, 2.24) is 9.88 Å². The Morgan fingerprint density at radius 3 is 3.22 bits per heavy atom. The smallest absolute Gasteiger partial charge is 0.119 e. The fraction of sp³-hybridized carbons (Fsp3) is 0.467. The van der Waals surface area contributed by atoms with Crippen molar-refractivity contribution >= 4 is 10.9 Å². The molecule has 0 saturated carbocycles. The average molecular weight is 242 g/mol. The van der Waals surface area contributed by atoms with Crippen LogP contribution in [0.2, 0.25) is 0 Å². The minimum absolute atomic E-state index is 0.570. The molecule has 1 atom stereocenters. The number of methoxy groups -OCH3 is 1. The van der Waals surface area contributed by atoms with Crippen molar-refractivity contribution in [3.05, 3.63) is 29.5 Å². The highest BCUT2D eigenvalue weighted by molar-refractivity contribution is 5.87. The monoisotopic (exact) mass is 242 g/mol. The van der Waals surface area contributed by atoms with Crippen molar-refractivity contribution in [2.75, 3.05) is 13.7 Å². The van der Waals surface area contributed by atoms with Crippen molar-refractivity contribution in [1.29, 1.82) is 0 Å². The molecule has 3 heteroatoms. The van der Waals surface area contributed by atoms with E-state index in [1.165, 1.54) is 35.9 Å². The number of benzene rings is 1. The lowest BCUT2D eigenvalue weighted by Gasteiger charge is -2.31. The Bertz CT molecular complexity index is 612. The molecule has 2 aromatic rings. The Balaban J connectivity index is 2.05. The normalized spacial score (nSPS) is 21.9. The molecule has 1 aromatic heterocycles. The molecule has 0 radical (unpaired) electrons. The molecule has 0 spiro atoms. The van der Waals surface area contributed by atoms with Gasteiger partial charge in [-0.05, 0) is 43.0 Å². The molecule has 1 aliphatic carbocycles. The van der Waals surface area contributed by atoms with Crippen molar-refractivity contribution in [3.8, 4) is 5.75 Å². The third-order valence-electron chi connectivity index (χ3n) is 4.40. The molecular formula is C15H18N2O. The molecule has 94 valence electrons. The maximum Gasteiger partial charge on any atom is 0.119 e. The second-order valence-electron chi connectivity index (χ2n) is 5.30. The van der Waals surface area contributed by atoms with Crippen LogP contribution in [0.5, 0.6) is 5.75 Å². The number of aromatic nitrogens is 1. The maximum atomic E-state index is 5.37. The number of nitrogens with zero attached hydrogens (tertiary/aromatic N) is 1. The Morgan fingerprint density at radius 1 is 1.39 bits per heavy atom. The summed E-state index contributed by atoms with van der Waals surface area (Å²) in [5.41, 5.74) is 4.47. The van der Waals surface area contributed by atoms with Gasteiger partial charge in [0.25, 0.3) is 0 Å². The first-order valence-corrected chi connectivity index (χ1v) is 6.81. The minimum Gasteiger partial charge on any atom is -0.497 e. The fourth-order valence-electron chi connectivity index (χ4n) is 3.62. The molecule has 4 rings (SSSR count). The van der Waals surface area contributed by atoms with Gasteiger partial charge in [-0.15, -0.1) is 0 Å². The first kappa shape index (κ1) is 10.4. The van der Waals surface area contributed by atoms with Gasteiger partial charge < -0.3 is 14.6 Å². The highest BCUT2D eigenvalue weighted by Crippen LogP contribution is 2.39. The number of fused-ring (bicyclic) bond motifs is 3. The standard InChI is InChI=1S/C15H18N2O/c1-18-10-5-6-14-12(9-10)11-3-2-4-13-15(11)17(14)8-7-16-13/h5-6,9,13,16H,2-4,7-8H2,1H3/t13-/m1/s1. The van der Waals surface area contributed by atoms with E-state index in [-0.39, 0.29) is 0 Å². The van der Waals surface area contributed by atoms with Crippen LogP contribution < -0.4 is 10.1 Å². The second-order valence-corrected chi connectivity index (χ2v) is 5.30. The molecule has 18 heavy (non-hydrogen) atoms. The van der Waals surface area contributed by atoms with Crippen molar-refractivity contribution in [2.24, 2.45) is 0 Å². The van der Waals surface area contributed by atoms with Crippen LogP contribution in [-0.4, -0.2) is 18.2 Å². The Kier molecular flexibility index (Phi) is 2.18. The van der Waals surface area contributed by atoms with Crippen LogP contribution in [0.15, 0.2) is 18.2 Å². The molecule has 2 heterocycles. The summed E-state index contributed by atoms with van der Waals surface area (Å²) in [5.74, 6) is 0.969. The van der Waals surface area contributed by atoms with Gasteiger partial charge in [-0.3, -0.25) is 0 Å². The van der Waals surface area contributed by atoms with E-state index >= 15 is 0 Å². The average Bonchev–Trinajstić information content (AvgIpc) is 2.76. The van der Waals surface area contributed by atoms with Crippen molar-refractivity contribution in [3.63, 3.8) is 0 Å². The lowest BCUT2D eigenvalue weighted by molar-refractivity contribution is 0.384. The fourth-order valence-corrected chi connectivity index (χ4v) is 3.62. The first-order chi connectivity index (χ1) is 8.88. The maximum absolute atomic E-state index is 5.37. The second kappa shape index (κ2) is 3.75. The van der Waals surface area contributed by atoms with Gasteiger partial charge in [-0.2, -0.15) is 0 Å². The minimum atomic E-state index is 0.570. The summed E-state index contributed by atoms with van der Waals surface area (Å²) in [7, 11) is 1.74. The van der Waals surface area contributed by atoms with E-state index in [2.05, 4.69) is 28.1 Å². The molecule has 0 bridgehead atoms. The van der Waals surface area contributed by atoms with E-state index in [1.54, 1.807) is 12.7 Å². The summed E-state index contributed by atoms with van der Waals surface area (Å²) >= 11 is 0. The summed E-state index contributed by atoms with van der Waals surface area (Å²) in [6.45, 7) is 2.18. The van der Waals surface area contributed by atoms with Crippen LogP contribution in [0.4, 0.5) is 0 Å². The summed E-state index contributed by atoms with van der Waals surface area (Å²) in [5, 5.41) is 5.06. The zero-order valence-corrected chi connectivity index (χ0v) is 10.7. The van der Waals surface area contributed by atoms with E-state index in [1.807, 2.05) is 0 Å². The van der Waals surface area contributed by atoms with E-state index in [4.69, 9.17) is 4.74 Å². The zero-order chi connectivity index (χ0) is 12.1. The predicted molar refractivity (Wildman–Crippen MR) is 72.2 cm³/mol. The number of hydrogen-bond donors (Lipinski definition) is 1. The number of rotatable bonds is 1. The first-order valence-electron chi connectivity index (χ1n) is 6.81. The molecule has 1 N–H and O–H groups in total. The predicted octanol–water partition coefficient (Wildman–Crippen LogP) is 2.63. The third kappa shape index (κ3) is 1.28. The highest BCUT2D eigenvalue weighted by atomic mass is 16.5. The van der Waals surface area contributed by atoms with Gasteiger partial charge >= 0.3 is 0 Å². The lowest BCUT2D eigenvalue weighted by Crippen LogP contribution is -2.35. The number of aryl methyl sites for hydroxylation is 1. The van der Waals surface area contributed by atoms with Crippen LogP contribution >= 0.6 is 0 Å². The molecule has 2 aliphatic rings. The lowest BCUT2D eigenvalue weighted by atomic mass is 9.91. The number of nitrogens with one attached hydrogen (secondary N) is 1. The third-order valence-corrected chi connectivity index (χ3v) is 4.40. The summed E-state index contributed by atoms with van der Waals surface area (Å²) in [4.78, 5) is 0. The molecule has 0 fully saturated rings. The zero-order valence-electron chi connectivity index (χ0n) is 10.7. The summed E-state index contributed by atoms with van der Waals surface area (Å²) in [6.07, 6.45) is 3.78. The van der Waals surface area contributed by atoms with Crippen molar-refractivity contribution < 1.29 is 4.74 Å². The summed E-state index contributed by atoms with van der Waals surface area (Å²) < 4.78 is 7.89. The topological polar surface area (TPSA) is 26.2 Å². The van der Waals surface area contributed by atoms with Gasteiger partial charge in [0.2, 0.25) is 0 Å². The van der Waals surface area contributed by atoms with E-state index in [0.29, 0.717) is 6.04 Å². The van der Waals surface area contributed by atoms with Crippen LogP contribution in [0, 0.1) is 0 Å². The molecule has 0 saturated heterocycles. The number of ether oxygens (including phenoxy) is 1. The highest BCUT2D eigenvalue weighted by Gasteiger charge is 2.29. The van der Waals surface area contributed by atoms with Gasteiger partial charge in [0.05, 0.1) is 7.11 Å². The van der Waals surface area contributed by atoms with Gasteiger partial charge in [0.15, 0.2) is 0 Å². The van der Waals surface area contributed by atoms with E-state index in [9.17, 15) is 0 Å². The van der Waals surface area contributed by atoms with Crippen LogP contribution in [-0.2, 0) is 13.0 Å². The quantitative estimate of drug-likeness (QED) is 0.832. The van der Waals surface area contributed by atoms with Crippen LogP contribution in [0.3, 0.4) is 0 Å². The van der Waals surface area contributed by atoms with Gasteiger partial charge in [-0.1, -0.05) is 0 Å². The SMILES string of the molecule is COc1ccc2c(c1)c1c3n2CCN[C@@H]3CCC1. The Labute approximate surface area is 107 Å². The molecule has 3 nitrogen and oxygen atoms in total. The van der Waals surface area contributed by atoms with Crippen LogP contribution in [0.25, 0.3) is 10.9 Å². The van der Waals surface area contributed by atoms with E-state index < -0.39 is 0 Å². The van der Waals surface area contributed by atoms with Crippen LogP contribution in [0.1, 0.15) is 30.1 Å².